The molecule has 3 rings (SSSR count). The lowest BCUT2D eigenvalue weighted by molar-refractivity contribution is 0.0948. The Morgan fingerprint density at radius 1 is 1.42 bits per heavy atom. The molecule has 1 amide bonds. The van der Waals surface area contributed by atoms with Gasteiger partial charge in [0.15, 0.2) is 0 Å². The number of nitrogens with one attached hydrogen (secondary N) is 1. The summed E-state index contributed by atoms with van der Waals surface area (Å²) in [5.41, 5.74) is 5.70. The molecule has 3 N–H and O–H groups in total. The van der Waals surface area contributed by atoms with Gasteiger partial charge in [0.2, 0.25) is 0 Å². The lowest BCUT2D eigenvalue weighted by Crippen LogP contribution is -2.44. The Morgan fingerprint density at radius 3 is 2.79 bits per heavy atom. The van der Waals surface area contributed by atoms with Crippen LogP contribution in [0.3, 0.4) is 0 Å². The molecule has 19 heavy (non-hydrogen) atoms. The normalized spacial score (nSPS) is 16.2. The summed E-state index contributed by atoms with van der Waals surface area (Å²) in [6.07, 6.45) is 2.18. The van der Waals surface area contributed by atoms with Crippen molar-refractivity contribution in [2.24, 2.45) is 11.7 Å². The standard InChI is InChI=1S/C14H14N2OS2/c15-13(18)12(8-5-6-8)16-14(17)11-7-9-3-1-2-4-10(9)19-11/h1-4,7-8,12H,5-6H2,(H2,15,18)(H,16,17). The van der Waals surface area contributed by atoms with E-state index >= 15 is 0 Å². The van der Waals surface area contributed by atoms with E-state index in [0.717, 1.165) is 22.9 Å². The molecular formula is C14H14N2OS2. The highest BCUT2D eigenvalue weighted by atomic mass is 32.1. The molecule has 1 heterocycles. The van der Waals surface area contributed by atoms with Gasteiger partial charge in [-0.2, -0.15) is 0 Å². The Hall–Kier alpha value is -1.46. The van der Waals surface area contributed by atoms with E-state index in [0.29, 0.717) is 15.8 Å². The predicted octanol–water partition coefficient (Wildman–Crippen LogP) is 2.70. The molecule has 1 aliphatic carbocycles. The van der Waals surface area contributed by atoms with Crippen LogP contribution in [0.25, 0.3) is 10.1 Å². The maximum atomic E-state index is 12.2. The van der Waals surface area contributed by atoms with E-state index < -0.39 is 0 Å². The molecule has 1 saturated carbocycles. The number of carbonyl (C=O) groups excluding carboxylic acids is 1. The maximum Gasteiger partial charge on any atom is 0.261 e. The van der Waals surface area contributed by atoms with Crippen molar-refractivity contribution in [3.8, 4) is 0 Å². The zero-order valence-corrected chi connectivity index (χ0v) is 11.9. The van der Waals surface area contributed by atoms with Crippen LogP contribution in [0.5, 0.6) is 0 Å². The lowest BCUT2D eigenvalue weighted by atomic mass is 10.2. The van der Waals surface area contributed by atoms with Crippen LogP contribution in [-0.4, -0.2) is 16.9 Å². The van der Waals surface area contributed by atoms with Crippen molar-refractivity contribution in [1.82, 2.24) is 5.32 Å². The Morgan fingerprint density at radius 2 is 2.16 bits per heavy atom. The quantitative estimate of drug-likeness (QED) is 0.851. The van der Waals surface area contributed by atoms with Gasteiger partial charge in [0, 0.05) is 4.70 Å². The van der Waals surface area contributed by atoms with Gasteiger partial charge in [0.25, 0.3) is 5.91 Å². The minimum atomic E-state index is -0.160. The first-order chi connectivity index (χ1) is 9.15. The van der Waals surface area contributed by atoms with Gasteiger partial charge in [-0.25, -0.2) is 0 Å². The number of hydrogen-bond donors (Lipinski definition) is 2. The molecule has 98 valence electrons. The first-order valence-electron chi connectivity index (χ1n) is 6.24. The Kier molecular flexibility index (Phi) is 3.24. The Labute approximate surface area is 120 Å². The average Bonchev–Trinajstić information content (AvgIpc) is 3.12. The molecule has 1 fully saturated rings. The van der Waals surface area contributed by atoms with Crippen molar-refractivity contribution < 1.29 is 4.79 Å². The summed E-state index contributed by atoms with van der Waals surface area (Å²) in [5, 5.41) is 4.05. The predicted molar refractivity (Wildman–Crippen MR) is 82.6 cm³/mol. The number of rotatable bonds is 4. The molecule has 0 saturated heterocycles. The molecule has 5 heteroatoms. The zero-order valence-electron chi connectivity index (χ0n) is 10.3. The van der Waals surface area contributed by atoms with Crippen LogP contribution in [0.4, 0.5) is 0 Å². The largest absolute Gasteiger partial charge is 0.392 e. The van der Waals surface area contributed by atoms with Crippen LogP contribution in [0, 0.1) is 5.92 Å². The third-order valence-corrected chi connectivity index (χ3v) is 4.70. The molecule has 1 aliphatic rings. The Balaban J connectivity index is 1.81. The van der Waals surface area contributed by atoms with Gasteiger partial charge in [0.1, 0.15) is 0 Å². The molecule has 2 aromatic rings. The molecule has 0 aliphatic heterocycles. The van der Waals surface area contributed by atoms with Gasteiger partial charge in [-0.1, -0.05) is 30.4 Å². The first-order valence-corrected chi connectivity index (χ1v) is 7.46. The zero-order chi connectivity index (χ0) is 13.4. The second-order valence-corrected chi connectivity index (χ2v) is 6.39. The third-order valence-electron chi connectivity index (χ3n) is 3.34. The van der Waals surface area contributed by atoms with Crippen LogP contribution in [0.15, 0.2) is 30.3 Å². The third kappa shape index (κ3) is 2.62. The van der Waals surface area contributed by atoms with E-state index in [1.807, 2.05) is 30.3 Å². The Bertz CT molecular complexity index is 613. The smallest absolute Gasteiger partial charge is 0.261 e. The number of thiophene rings is 1. The van der Waals surface area contributed by atoms with Crippen LogP contribution in [0.2, 0.25) is 0 Å². The summed E-state index contributed by atoms with van der Waals surface area (Å²) in [7, 11) is 0. The van der Waals surface area contributed by atoms with E-state index in [4.69, 9.17) is 18.0 Å². The van der Waals surface area contributed by atoms with Crippen LogP contribution >= 0.6 is 23.6 Å². The highest BCUT2D eigenvalue weighted by Gasteiger charge is 2.34. The monoisotopic (exact) mass is 290 g/mol. The SMILES string of the molecule is NC(=S)C(NC(=O)c1cc2ccccc2s1)C1CC1. The number of amides is 1. The molecule has 1 unspecified atom stereocenters. The number of carbonyl (C=O) groups is 1. The molecule has 1 atom stereocenters. The maximum absolute atomic E-state index is 12.2. The van der Waals surface area contributed by atoms with Gasteiger partial charge in [-0.15, -0.1) is 11.3 Å². The number of benzene rings is 1. The topological polar surface area (TPSA) is 55.1 Å². The molecule has 0 radical (unpaired) electrons. The van der Waals surface area contributed by atoms with Crippen molar-refractivity contribution in [2.45, 2.75) is 18.9 Å². The van der Waals surface area contributed by atoms with Gasteiger partial charge >= 0.3 is 0 Å². The number of nitrogens with two attached hydrogens (primary N) is 1. The van der Waals surface area contributed by atoms with Crippen molar-refractivity contribution in [1.29, 1.82) is 0 Å². The second kappa shape index (κ2) is 4.90. The first kappa shape index (κ1) is 12.6. The summed E-state index contributed by atoms with van der Waals surface area (Å²) >= 11 is 6.53. The fraction of sp³-hybridized carbons (Fsp3) is 0.286. The van der Waals surface area contributed by atoms with Gasteiger partial charge < -0.3 is 11.1 Å². The lowest BCUT2D eigenvalue weighted by Gasteiger charge is -2.15. The minimum Gasteiger partial charge on any atom is -0.392 e. The van der Waals surface area contributed by atoms with Crippen molar-refractivity contribution in [2.75, 3.05) is 0 Å². The molecule has 1 aromatic carbocycles. The number of hydrogen-bond acceptors (Lipinski definition) is 3. The summed E-state index contributed by atoms with van der Waals surface area (Å²) in [5.74, 6) is 0.349. The van der Waals surface area contributed by atoms with Crippen molar-refractivity contribution in [3.63, 3.8) is 0 Å². The van der Waals surface area contributed by atoms with Crippen LogP contribution in [-0.2, 0) is 0 Å². The van der Waals surface area contributed by atoms with Gasteiger partial charge in [0.05, 0.1) is 15.9 Å². The summed E-state index contributed by atoms with van der Waals surface area (Å²) < 4.78 is 1.12. The summed E-state index contributed by atoms with van der Waals surface area (Å²) in [6.45, 7) is 0. The van der Waals surface area contributed by atoms with Crippen molar-refractivity contribution >= 4 is 44.5 Å². The van der Waals surface area contributed by atoms with Crippen LogP contribution in [0.1, 0.15) is 22.5 Å². The molecule has 0 spiro atoms. The molecular weight excluding hydrogens is 276 g/mol. The average molecular weight is 290 g/mol. The molecule has 0 bridgehead atoms. The van der Waals surface area contributed by atoms with Crippen molar-refractivity contribution in [3.05, 3.63) is 35.2 Å². The highest BCUT2D eigenvalue weighted by molar-refractivity contribution is 7.80. The van der Waals surface area contributed by atoms with E-state index in [2.05, 4.69) is 5.32 Å². The number of fused-ring (bicyclic) bond motifs is 1. The van der Waals surface area contributed by atoms with Gasteiger partial charge in [-0.05, 0) is 36.3 Å². The number of thiocarbonyl (C=S) groups is 1. The minimum absolute atomic E-state index is 0.0779. The fourth-order valence-corrected chi connectivity index (χ4v) is 3.37. The van der Waals surface area contributed by atoms with E-state index in [1.54, 1.807) is 0 Å². The molecule has 1 aromatic heterocycles. The second-order valence-electron chi connectivity index (χ2n) is 4.84. The summed E-state index contributed by atoms with van der Waals surface area (Å²) in [6, 6.07) is 9.73. The van der Waals surface area contributed by atoms with E-state index in [9.17, 15) is 4.79 Å². The molecule has 3 nitrogen and oxygen atoms in total. The summed E-state index contributed by atoms with van der Waals surface area (Å²) in [4.78, 5) is 13.3. The fourth-order valence-electron chi connectivity index (χ4n) is 2.16. The van der Waals surface area contributed by atoms with Gasteiger partial charge in [-0.3, -0.25) is 4.79 Å². The van der Waals surface area contributed by atoms with E-state index in [1.165, 1.54) is 11.3 Å². The highest BCUT2D eigenvalue weighted by Crippen LogP contribution is 2.33. The van der Waals surface area contributed by atoms with E-state index in [-0.39, 0.29) is 11.9 Å². The van der Waals surface area contributed by atoms with Crippen LogP contribution < -0.4 is 11.1 Å².